The van der Waals surface area contributed by atoms with E-state index in [9.17, 15) is 22.8 Å². The van der Waals surface area contributed by atoms with Crippen LogP contribution in [0, 0.1) is 5.92 Å². The lowest BCUT2D eigenvalue weighted by atomic mass is 10.1. The topological polar surface area (TPSA) is 55.8 Å². The largest absolute Gasteiger partial charge is 0.573 e. The second-order valence-corrected chi connectivity index (χ2v) is 5.79. The summed E-state index contributed by atoms with van der Waals surface area (Å²) in [4.78, 5) is 25.6. The Morgan fingerprint density at radius 2 is 1.88 bits per heavy atom. The highest BCUT2D eigenvalue weighted by Gasteiger charge is 2.38. The number of esters is 1. The van der Waals surface area contributed by atoms with Crippen molar-refractivity contribution in [1.82, 2.24) is 4.90 Å². The van der Waals surface area contributed by atoms with Crippen molar-refractivity contribution < 1.29 is 32.2 Å². The molecule has 1 aromatic rings. The number of carbonyl (C=O) groups is 2. The van der Waals surface area contributed by atoms with Gasteiger partial charge < -0.3 is 14.4 Å². The minimum atomic E-state index is -4.75. The number of hydrogen-bond donors (Lipinski definition) is 0. The van der Waals surface area contributed by atoms with Gasteiger partial charge in [-0.1, -0.05) is 19.1 Å². The Kier molecular flexibility index (Phi) is 5.36. The van der Waals surface area contributed by atoms with Crippen molar-refractivity contribution in [3.8, 4) is 5.75 Å². The van der Waals surface area contributed by atoms with E-state index in [0.29, 0.717) is 18.5 Å². The van der Waals surface area contributed by atoms with E-state index in [1.54, 1.807) is 0 Å². The van der Waals surface area contributed by atoms with Gasteiger partial charge in [0, 0.05) is 6.54 Å². The normalized spacial score (nSPS) is 20.8. The Morgan fingerprint density at radius 1 is 1.25 bits per heavy atom. The van der Waals surface area contributed by atoms with Crippen LogP contribution in [0.15, 0.2) is 24.3 Å². The third-order valence-electron chi connectivity index (χ3n) is 3.82. The van der Waals surface area contributed by atoms with Crippen LogP contribution in [0.25, 0.3) is 0 Å². The molecule has 0 saturated carbocycles. The van der Waals surface area contributed by atoms with Gasteiger partial charge in [0.25, 0.3) is 0 Å². The number of hydrogen-bond acceptors (Lipinski definition) is 4. The fraction of sp³-hybridized carbons (Fsp3) is 0.500. The lowest BCUT2D eigenvalue weighted by Gasteiger charge is -2.22. The Hall–Kier alpha value is -2.25. The number of halogens is 3. The van der Waals surface area contributed by atoms with E-state index in [1.807, 2.05) is 6.92 Å². The zero-order valence-electron chi connectivity index (χ0n) is 13.3. The lowest BCUT2D eigenvalue weighted by Crippen LogP contribution is -2.41. The highest BCUT2D eigenvalue weighted by molar-refractivity contribution is 5.86. The van der Waals surface area contributed by atoms with Crippen LogP contribution >= 0.6 is 0 Å². The second kappa shape index (κ2) is 7.11. The lowest BCUT2D eigenvalue weighted by molar-refractivity contribution is -0.274. The first-order valence-corrected chi connectivity index (χ1v) is 7.41. The molecule has 5 nitrogen and oxygen atoms in total. The number of likely N-dealkylation sites (tertiary alicyclic amines) is 1. The maximum absolute atomic E-state index is 12.4. The molecule has 8 heteroatoms. The van der Waals surface area contributed by atoms with Crippen LogP contribution in [0.4, 0.5) is 13.2 Å². The molecule has 0 aliphatic carbocycles. The van der Waals surface area contributed by atoms with Crippen LogP contribution in [0.1, 0.15) is 18.9 Å². The fourth-order valence-electron chi connectivity index (χ4n) is 2.77. The molecule has 0 radical (unpaired) electrons. The standard InChI is InChI=1S/C16H18F3NO4/c1-10-7-13(15(22)23-2)20(9-10)14(21)8-11-3-5-12(6-4-11)24-16(17,18)19/h3-6,10,13H,7-9H2,1-2H3. The van der Waals surface area contributed by atoms with E-state index < -0.39 is 18.4 Å². The molecule has 0 N–H and O–H groups in total. The molecule has 1 saturated heterocycles. The quantitative estimate of drug-likeness (QED) is 0.787. The summed E-state index contributed by atoms with van der Waals surface area (Å²) in [7, 11) is 1.27. The van der Waals surface area contributed by atoms with Gasteiger partial charge in [0.05, 0.1) is 13.5 Å². The monoisotopic (exact) mass is 345 g/mol. The molecule has 0 aromatic heterocycles. The first-order valence-electron chi connectivity index (χ1n) is 7.41. The van der Waals surface area contributed by atoms with Crippen molar-refractivity contribution in [3.63, 3.8) is 0 Å². The molecule has 24 heavy (non-hydrogen) atoms. The third kappa shape index (κ3) is 4.62. The second-order valence-electron chi connectivity index (χ2n) is 5.79. The number of rotatable bonds is 4. The SMILES string of the molecule is COC(=O)C1CC(C)CN1C(=O)Cc1ccc(OC(F)(F)F)cc1. The van der Waals surface area contributed by atoms with E-state index in [-0.39, 0.29) is 24.0 Å². The van der Waals surface area contributed by atoms with Gasteiger partial charge in [-0.2, -0.15) is 0 Å². The third-order valence-corrected chi connectivity index (χ3v) is 3.82. The zero-order chi connectivity index (χ0) is 17.9. The summed E-state index contributed by atoms with van der Waals surface area (Å²) in [5.41, 5.74) is 0.540. The molecule has 2 atom stereocenters. The number of ether oxygens (including phenoxy) is 2. The Balaban J connectivity index is 2.02. The molecular formula is C16H18F3NO4. The van der Waals surface area contributed by atoms with E-state index in [1.165, 1.54) is 24.1 Å². The molecule has 2 rings (SSSR count). The molecule has 1 aliphatic heterocycles. The van der Waals surface area contributed by atoms with Crippen LogP contribution in [-0.4, -0.2) is 42.8 Å². The predicted octanol–water partition coefficient (Wildman–Crippen LogP) is 2.54. The fourth-order valence-corrected chi connectivity index (χ4v) is 2.77. The number of amides is 1. The molecular weight excluding hydrogens is 327 g/mol. The highest BCUT2D eigenvalue weighted by atomic mass is 19.4. The molecule has 0 bridgehead atoms. The smallest absolute Gasteiger partial charge is 0.467 e. The molecule has 0 spiro atoms. The Bertz CT molecular complexity index is 600. The van der Waals surface area contributed by atoms with Crippen molar-refractivity contribution in [1.29, 1.82) is 0 Å². The van der Waals surface area contributed by atoms with Crippen LogP contribution in [0.2, 0.25) is 0 Å². The van der Waals surface area contributed by atoms with Gasteiger partial charge in [0.2, 0.25) is 5.91 Å². The predicted molar refractivity (Wildman–Crippen MR) is 78.1 cm³/mol. The Labute approximate surface area is 137 Å². The number of nitrogens with zero attached hydrogens (tertiary/aromatic N) is 1. The van der Waals surface area contributed by atoms with E-state index >= 15 is 0 Å². The number of methoxy groups -OCH3 is 1. The van der Waals surface area contributed by atoms with Crippen LogP contribution < -0.4 is 4.74 Å². The minimum absolute atomic E-state index is 0.00743. The molecule has 1 heterocycles. The van der Waals surface area contributed by atoms with Crippen LogP contribution in [0.5, 0.6) is 5.75 Å². The number of benzene rings is 1. The van der Waals surface area contributed by atoms with Crippen LogP contribution in [0.3, 0.4) is 0 Å². The van der Waals surface area contributed by atoms with Gasteiger partial charge in [-0.25, -0.2) is 4.79 Å². The van der Waals surface area contributed by atoms with Gasteiger partial charge in [-0.15, -0.1) is 13.2 Å². The van der Waals surface area contributed by atoms with Crippen molar-refractivity contribution in [2.45, 2.75) is 32.2 Å². The summed E-state index contributed by atoms with van der Waals surface area (Å²) < 4.78 is 44.9. The van der Waals surface area contributed by atoms with Gasteiger partial charge in [0.15, 0.2) is 0 Å². The van der Waals surface area contributed by atoms with E-state index in [2.05, 4.69) is 4.74 Å². The maximum atomic E-state index is 12.4. The van der Waals surface area contributed by atoms with E-state index in [0.717, 1.165) is 12.1 Å². The summed E-state index contributed by atoms with van der Waals surface area (Å²) in [6, 6.07) is 4.49. The van der Waals surface area contributed by atoms with Crippen molar-refractivity contribution in [3.05, 3.63) is 29.8 Å². The average Bonchev–Trinajstić information content (AvgIpc) is 2.89. The average molecular weight is 345 g/mol. The molecule has 1 aromatic carbocycles. The molecule has 2 unspecified atom stereocenters. The highest BCUT2D eigenvalue weighted by Crippen LogP contribution is 2.26. The summed E-state index contributed by atoms with van der Waals surface area (Å²) in [6.45, 7) is 2.39. The van der Waals surface area contributed by atoms with Crippen molar-refractivity contribution in [2.24, 2.45) is 5.92 Å². The molecule has 1 fully saturated rings. The minimum Gasteiger partial charge on any atom is -0.467 e. The number of carbonyl (C=O) groups excluding carboxylic acids is 2. The summed E-state index contributed by atoms with van der Waals surface area (Å²) >= 11 is 0. The van der Waals surface area contributed by atoms with Crippen molar-refractivity contribution in [2.75, 3.05) is 13.7 Å². The summed E-state index contributed by atoms with van der Waals surface area (Å²) in [5, 5.41) is 0. The van der Waals surface area contributed by atoms with Crippen LogP contribution in [-0.2, 0) is 20.7 Å². The van der Waals surface area contributed by atoms with Gasteiger partial charge in [0.1, 0.15) is 11.8 Å². The summed E-state index contributed by atoms with van der Waals surface area (Å²) in [6.07, 6.45) is -4.22. The Morgan fingerprint density at radius 3 is 2.42 bits per heavy atom. The summed E-state index contributed by atoms with van der Waals surface area (Å²) in [5.74, 6) is -0.887. The van der Waals surface area contributed by atoms with Crippen molar-refractivity contribution >= 4 is 11.9 Å². The van der Waals surface area contributed by atoms with Gasteiger partial charge >= 0.3 is 12.3 Å². The molecule has 1 amide bonds. The first kappa shape index (κ1) is 18.1. The first-order chi connectivity index (χ1) is 11.2. The molecule has 1 aliphatic rings. The maximum Gasteiger partial charge on any atom is 0.573 e. The molecule has 132 valence electrons. The van der Waals surface area contributed by atoms with Gasteiger partial charge in [-0.05, 0) is 30.0 Å². The number of alkyl halides is 3. The van der Waals surface area contributed by atoms with E-state index in [4.69, 9.17) is 4.74 Å². The zero-order valence-corrected chi connectivity index (χ0v) is 13.3. The van der Waals surface area contributed by atoms with Gasteiger partial charge in [-0.3, -0.25) is 4.79 Å².